The van der Waals surface area contributed by atoms with Gasteiger partial charge in [0, 0.05) is 13.1 Å². The summed E-state index contributed by atoms with van der Waals surface area (Å²) in [6.07, 6.45) is -3.44. The van der Waals surface area contributed by atoms with E-state index in [0.29, 0.717) is 31.0 Å². The zero-order valence-corrected chi connectivity index (χ0v) is 17.1. The van der Waals surface area contributed by atoms with Crippen molar-refractivity contribution in [3.8, 4) is 5.75 Å². The molecule has 9 heteroatoms. The number of piperidine rings is 1. The van der Waals surface area contributed by atoms with Gasteiger partial charge in [0.05, 0.1) is 5.71 Å². The number of likely N-dealkylation sites (tertiary alicyclic amines) is 1. The molecule has 2 rings (SSSR count). The van der Waals surface area contributed by atoms with E-state index in [1.807, 2.05) is 20.8 Å². The molecule has 0 atom stereocenters. The van der Waals surface area contributed by atoms with Crippen LogP contribution < -0.4 is 4.74 Å². The second kappa shape index (κ2) is 9.37. The molecule has 1 aliphatic heterocycles. The fourth-order valence-corrected chi connectivity index (χ4v) is 2.80. The highest BCUT2D eigenvalue weighted by atomic mass is 19.4. The van der Waals surface area contributed by atoms with Crippen molar-refractivity contribution in [3.05, 3.63) is 29.8 Å². The Bertz CT molecular complexity index is 704. The Morgan fingerprint density at radius 3 is 2.24 bits per heavy atom. The molecule has 1 saturated heterocycles. The predicted octanol–water partition coefficient (Wildman–Crippen LogP) is 4.97. The Kier molecular flexibility index (Phi) is 7.37. The van der Waals surface area contributed by atoms with Crippen LogP contribution in [-0.4, -0.2) is 48.4 Å². The molecule has 0 radical (unpaired) electrons. The van der Waals surface area contributed by atoms with Gasteiger partial charge in [-0.25, -0.2) is 4.79 Å². The van der Waals surface area contributed by atoms with Gasteiger partial charge in [-0.15, -0.1) is 13.2 Å². The van der Waals surface area contributed by atoms with Gasteiger partial charge >= 0.3 is 12.5 Å². The van der Waals surface area contributed by atoms with E-state index in [0.717, 1.165) is 12.8 Å². The van der Waals surface area contributed by atoms with Gasteiger partial charge in [0.2, 0.25) is 0 Å². The van der Waals surface area contributed by atoms with Gasteiger partial charge in [-0.3, -0.25) is 0 Å². The van der Waals surface area contributed by atoms with E-state index in [9.17, 15) is 18.0 Å². The van der Waals surface area contributed by atoms with Crippen LogP contribution in [0, 0.1) is 5.92 Å². The summed E-state index contributed by atoms with van der Waals surface area (Å²) in [5.74, 6) is -0.0143. The minimum Gasteiger partial charge on any atom is -0.444 e. The summed E-state index contributed by atoms with van der Waals surface area (Å²) in [4.78, 5) is 19.2. The quantitative estimate of drug-likeness (QED) is 0.502. The minimum atomic E-state index is -4.72. The van der Waals surface area contributed by atoms with Gasteiger partial charge in [-0.05, 0) is 76.3 Å². The lowest BCUT2D eigenvalue weighted by atomic mass is 9.98. The summed E-state index contributed by atoms with van der Waals surface area (Å²) >= 11 is 0. The number of ether oxygens (including phenoxy) is 2. The van der Waals surface area contributed by atoms with Crippen LogP contribution in [0.25, 0.3) is 0 Å². The lowest BCUT2D eigenvalue weighted by Gasteiger charge is -2.32. The number of oxime groups is 1. The molecule has 1 amide bonds. The first-order valence-corrected chi connectivity index (χ1v) is 9.43. The third-order valence-electron chi connectivity index (χ3n) is 4.28. The lowest BCUT2D eigenvalue weighted by Crippen LogP contribution is -2.42. The highest BCUT2D eigenvalue weighted by molar-refractivity contribution is 5.98. The maximum atomic E-state index is 12.2. The lowest BCUT2D eigenvalue weighted by molar-refractivity contribution is -0.274. The molecule has 0 saturated carbocycles. The Balaban J connectivity index is 1.76. The van der Waals surface area contributed by atoms with Crippen molar-refractivity contribution in [2.45, 2.75) is 52.5 Å². The smallest absolute Gasteiger partial charge is 0.444 e. The summed E-state index contributed by atoms with van der Waals surface area (Å²) < 4.78 is 45.8. The van der Waals surface area contributed by atoms with Crippen molar-refractivity contribution in [3.63, 3.8) is 0 Å². The number of hydrogen-bond donors (Lipinski definition) is 0. The molecule has 1 aliphatic rings. The molecule has 0 aromatic heterocycles. The van der Waals surface area contributed by atoms with E-state index in [1.54, 1.807) is 11.8 Å². The number of alkyl halides is 3. The molecule has 29 heavy (non-hydrogen) atoms. The topological polar surface area (TPSA) is 60.4 Å². The Hall–Kier alpha value is -2.45. The molecule has 162 valence electrons. The Morgan fingerprint density at radius 1 is 1.14 bits per heavy atom. The first kappa shape index (κ1) is 22.8. The van der Waals surface area contributed by atoms with Crippen LogP contribution in [0.3, 0.4) is 0 Å². The monoisotopic (exact) mass is 416 g/mol. The molecular weight excluding hydrogens is 389 g/mol. The second-order valence-corrected chi connectivity index (χ2v) is 7.96. The zero-order chi connectivity index (χ0) is 21.7. The fourth-order valence-electron chi connectivity index (χ4n) is 2.80. The summed E-state index contributed by atoms with van der Waals surface area (Å²) in [5.41, 5.74) is 0.675. The van der Waals surface area contributed by atoms with Gasteiger partial charge in [0.25, 0.3) is 0 Å². The number of amides is 1. The van der Waals surface area contributed by atoms with E-state index >= 15 is 0 Å². The number of benzene rings is 1. The van der Waals surface area contributed by atoms with Crippen molar-refractivity contribution < 1.29 is 32.3 Å². The third kappa shape index (κ3) is 8.21. The van der Waals surface area contributed by atoms with Crippen LogP contribution in [-0.2, 0) is 9.57 Å². The molecule has 0 spiro atoms. The molecule has 0 unspecified atom stereocenters. The first-order valence-electron chi connectivity index (χ1n) is 9.43. The predicted molar refractivity (Wildman–Crippen MR) is 102 cm³/mol. The number of nitrogens with zero attached hydrogens (tertiary/aromatic N) is 2. The summed E-state index contributed by atoms with van der Waals surface area (Å²) in [6, 6.07) is 5.44. The molecular formula is C20H27F3N2O4. The molecule has 0 bridgehead atoms. The summed E-state index contributed by atoms with van der Waals surface area (Å²) in [7, 11) is 0. The third-order valence-corrected chi connectivity index (χ3v) is 4.28. The normalized spacial score (nSPS) is 16.5. The largest absolute Gasteiger partial charge is 0.573 e. The number of carbonyl (C=O) groups is 1. The van der Waals surface area contributed by atoms with Crippen LogP contribution in [0.15, 0.2) is 29.4 Å². The van der Waals surface area contributed by atoms with Crippen molar-refractivity contribution in [1.82, 2.24) is 4.90 Å². The highest BCUT2D eigenvalue weighted by Gasteiger charge is 2.31. The van der Waals surface area contributed by atoms with Crippen LogP contribution in [0.2, 0.25) is 0 Å². The van der Waals surface area contributed by atoms with Crippen LogP contribution >= 0.6 is 0 Å². The van der Waals surface area contributed by atoms with Crippen molar-refractivity contribution in [2.75, 3.05) is 19.7 Å². The van der Waals surface area contributed by atoms with Crippen molar-refractivity contribution >= 4 is 11.8 Å². The molecule has 1 heterocycles. The molecule has 0 N–H and O–H groups in total. The van der Waals surface area contributed by atoms with Crippen LogP contribution in [0.5, 0.6) is 5.75 Å². The molecule has 1 aromatic carbocycles. The maximum absolute atomic E-state index is 12.2. The van der Waals surface area contributed by atoms with E-state index in [4.69, 9.17) is 9.57 Å². The van der Waals surface area contributed by atoms with Crippen molar-refractivity contribution in [2.24, 2.45) is 11.1 Å². The van der Waals surface area contributed by atoms with Gasteiger partial charge < -0.3 is 19.2 Å². The Labute approximate surface area is 168 Å². The molecule has 1 fully saturated rings. The SMILES string of the molecule is CC(=NOCC1CCN(C(=O)OC(C)(C)C)CC1)c1ccc(OC(F)(F)F)cc1. The first-order chi connectivity index (χ1) is 13.4. The van der Waals surface area contributed by atoms with E-state index in [1.165, 1.54) is 24.3 Å². The number of carbonyl (C=O) groups excluding carboxylic acids is 1. The zero-order valence-electron chi connectivity index (χ0n) is 17.1. The summed E-state index contributed by atoms with van der Waals surface area (Å²) in [5, 5.41) is 4.04. The second-order valence-electron chi connectivity index (χ2n) is 7.96. The van der Waals surface area contributed by atoms with Crippen molar-refractivity contribution in [1.29, 1.82) is 0 Å². The van der Waals surface area contributed by atoms with Crippen LogP contribution in [0.4, 0.5) is 18.0 Å². The highest BCUT2D eigenvalue weighted by Crippen LogP contribution is 2.23. The number of rotatable bonds is 5. The van der Waals surface area contributed by atoms with Gasteiger partial charge in [0.15, 0.2) is 0 Å². The fraction of sp³-hybridized carbons (Fsp3) is 0.600. The molecule has 1 aromatic rings. The van der Waals surface area contributed by atoms with Gasteiger partial charge in [-0.2, -0.15) is 0 Å². The Morgan fingerprint density at radius 2 is 1.72 bits per heavy atom. The van der Waals surface area contributed by atoms with E-state index in [2.05, 4.69) is 9.89 Å². The van der Waals surface area contributed by atoms with Gasteiger partial charge in [0.1, 0.15) is 18.0 Å². The average molecular weight is 416 g/mol. The van der Waals surface area contributed by atoms with E-state index < -0.39 is 12.0 Å². The number of halogens is 3. The standard InChI is InChI=1S/C20H27F3N2O4/c1-14(16-5-7-17(8-6-16)28-20(21,22)23)24-27-13-15-9-11-25(12-10-15)18(26)29-19(2,3)4/h5-8,15H,9-13H2,1-4H3. The maximum Gasteiger partial charge on any atom is 0.573 e. The number of hydrogen-bond acceptors (Lipinski definition) is 5. The minimum absolute atomic E-state index is 0.271. The molecule has 0 aliphatic carbocycles. The average Bonchev–Trinajstić information content (AvgIpc) is 2.60. The van der Waals surface area contributed by atoms with Gasteiger partial charge in [-0.1, -0.05) is 5.16 Å². The summed E-state index contributed by atoms with van der Waals surface area (Å²) in [6.45, 7) is 8.84. The van der Waals surface area contributed by atoms with Crippen LogP contribution in [0.1, 0.15) is 46.1 Å². The van der Waals surface area contributed by atoms with E-state index in [-0.39, 0.29) is 17.8 Å². The molecule has 6 nitrogen and oxygen atoms in total.